The first-order valence-electron chi connectivity index (χ1n) is 6.99. The highest BCUT2D eigenvalue weighted by Gasteiger charge is 2.21. The lowest BCUT2D eigenvalue weighted by molar-refractivity contribution is -0.144. The van der Waals surface area contributed by atoms with E-state index >= 15 is 0 Å². The number of esters is 1. The summed E-state index contributed by atoms with van der Waals surface area (Å²) in [6, 6.07) is 6.02. The molecule has 0 atom stereocenters. The molecule has 0 heterocycles. The summed E-state index contributed by atoms with van der Waals surface area (Å²) in [4.78, 5) is 11.5. The second kappa shape index (κ2) is 6.45. The molecule has 1 aliphatic carbocycles. The summed E-state index contributed by atoms with van der Waals surface area (Å²) in [6.45, 7) is 5.88. The first-order chi connectivity index (χ1) is 10.1. The molecule has 0 aromatic heterocycles. The molecule has 0 radical (unpaired) electrons. The standard InChI is InChI=1S/C16H21N3O2/c1-3-11-5-7-13-12(9-11)6-8-14(16(13)17)19(18)10-15(20)21-4-2/h3,5,7,9H,1,4,6,8,10,17-18H2,2H3. The van der Waals surface area contributed by atoms with Gasteiger partial charge in [-0.05, 0) is 30.9 Å². The predicted octanol–water partition coefficient (Wildman–Crippen LogP) is 1.64. The number of carbonyl (C=O) groups excluding carboxylic acids is 1. The molecule has 5 heteroatoms. The molecule has 0 unspecified atom stereocenters. The van der Waals surface area contributed by atoms with Crippen LogP contribution in [-0.4, -0.2) is 24.1 Å². The number of ether oxygens (including phenoxy) is 1. The topological polar surface area (TPSA) is 81.6 Å². The molecule has 0 saturated carbocycles. The highest BCUT2D eigenvalue weighted by Crippen LogP contribution is 2.29. The van der Waals surface area contributed by atoms with Gasteiger partial charge >= 0.3 is 5.97 Å². The smallest absolute Gasteiger partial charge is 0.327 e. The zero-order valence-electron chi connectivity index (χ0n) is 12.3. The van der Waals surface area contributed by atoms with E-state index in [-0.39, 0.29) is 12.5 Å². The van der Waals surface area contributed by atoms with Crippen LogP contribution in [0.15, 0.2) is 30.5 Å². The summed E-state index contributed by atoms with van der Waals surface area (Å²) in [5, 5.41) is 1.39. The number of hydrazine groups is 1. The Balaban J connectivity index is 2.24. The molecular formula is C16H21N3O2. The summed E-state index contributed by atoms with van der Waals surface area (Å²) in [5.41, 5.74) is 10.8. The Morgan fingerprint density at radius 3 is 2.90 bits per heavy atom. The van der Waals surface area contributed by atoms with Gasteiger partial charge in [-0.2, -0.15) is 0 Å². The minimum Gasteiger partial charge on any atom is -0.465 e. The van der Waals surface area contributed by atoms with Gasteiger partial charge in [-0.3, -0.25) is 4.79 Å². The van der Waals surface area contributed by atoms with Gasteiger partial charge in [0.1, 0.15) is 6.54 Å². The normalized spacial score (nSPS) is 13.6. The minimum atomic E-state index is -0.354. The molecule has 0 fully saturated rings. The first kappa shape index (κ1) is 15.1. The summed E-state index contributed by atoms with van der Waals surface area (Å²) in [7, 11) is 0. The Hall–Kier alpha value is -2.27. The number of hydrogen-bond donors (Lipinski definition) is 2. The second-order valence-corrected chi connectivity index (χ2v) is 4.91. The fourth-order valence-electron chi connectivity index (χ4n) is 2.49. The molecule has 4 N–H and O–H groups in total. The summed E-state index contributed by atoms with van der Waals surface area (Å²) in [5.74, 6) is 5.61. The van der Waals surface area contributed by atoms with Crippen molar-refractivity contribution < 1.29 is 9.53 Å². The fraction of sp³-hybridized carbons (Fsp3) is 0.312. The third-order valence-electron chi connectivity index (χ3n) is 3.55. The lowest BCUT2D eigenvalue weighted by Gasteiger charge is -2.28. The van der Waals surface area contributed by atoms with Crippen molar-refractivity contribution in [2.75, 3.05) is 13.2 Å². The Morgan fingerprint density at radius 1 is 1.48 bits per heavy atom. The highest BCUT2D eigenvalue weighted by molar-refractivity contribution is 5.74. The van der Waals surface area contributed by atoms with Crippen LogP contribution in [0.25, 0.3) is 11.8 Å². The van der Waals surface area contributed by atoms with Crippen LogP contribution in [0, 0.1) is 0 Å². The van der Waals surface area contributed by atoms with E-state index in [1.165, 1.54) is 10.6 Å². The van der Waals surface area contributed by atoms with Gasteiger partial charge in [0.25, 0.3) is 0 Å². The van der Waals surface area contributed by atoms with Crippen LogP contribution in [0.5, 0.6) is 0 Å². The van der Waals surface area contributed by atoms with E-state index in [1.807, 2.05) is 18.2 Å². The van der Waals surface area contributed by atoms with Crippen LogP contribution in [0.4, 0.5) is 0 Å². The number of nitrogens with two attached hydrogens (primary N) is 2. The molecule has 5 nitrogen and oxygen atoms in total. The van der Waals surface area contributed by atoms with E-state index in [2.05, 4.69) is 12.6 Å². The van der Waals surface area contributed by atoms with Crippen molar-refractivity contribution in [2.24, 2.45) is 11.6 Å². The number of allylic oxidation sites excluding steroid dienone is 1. The van der Waals surface area contributed by atoms with Crippen molar-refractivity contribution in [3.05, 3.63) is 47.2 Å². The zero-order valence-corrected chi connectivity index (χ0v) is 12.3. The number of carbonyl (C=O) groups is 1. The second-order valence-electron chi connectivity index (χ2n) is 4.91. The first-order valence-corrected chi connectivity index (χ1v) is 6.99. The zero-order chi connectivity index (χ0) is 15.4. The number of hydrogen-bond acceptors (Lipinski definition) is 5. The van der Waals surface area contributed by atoms with Gasteiger partial charge in [0, 0.05) is 5.56 Å². The Kier molecular flexibility index (Phi) is 4.65. The van der Waals surface area contributed by atoms with E-state index < -0.39 is 0 Å². The van der Waals surface area contributed by atoms with Gasteiger partial charge in [0.05, 0.1) is 18.0 Å². The molecule has 1 aromatic carbocycles. The molecular weight excluding hydrogens is 266 g/mol. The molecule has 112 valence electrons. The van der Waals surface area contributed by atoms with Crippen molar-refractivity contribution in [1.29, 1.82) is 0 Å². The average molecular weight is 287 g/mol. The lowest BCUT2D eigenvalue weighted by Crippen LogP contribution is -2.38. The van der Waals surface area contributed by atoms with Crippen LogP contribution < -0.4 is 11.6 Å². The molecule has 21 heavy (non-hydrogen) atoms. The monoisotopic (exact) mass is 287 g/mol. The minimum absolute atomic E-state index is 0.00392. The van der Waals surface area contributed by atoms with E-state index in [4.69, 9.17) is 16.3 Å². The number of benzene rings is 1. The lowest BCUT2D eigenvalue weighted by atomic mass is 9.91. The van der Waals surface area contributed by atoms with Crippen molar-refractivity contribution in [1.82, 2.24) is 5.01 Å². The maximum Gasteiger partial charge on any atom is 0.327 e. The number of aryl methyl sites for hydroxylation is 1. The third-order valence-corrected chi connectivity index (χ3v) is 3.55. The van der Waals surface area contributed by atoms with Crippen LogP contribution in [0.1, 0.15) is 30.0 Å². The van der Waals surface area contributed by atoms with Gasteiger partial charge in [-0.1, -0.05) is 30.9 Å². The van der Waals surface area contributed by atoms with Crippen molar-refractivity contribution in [3.8, 4) is 0 Å². The number of nitrogens with zero attached hydrogens (tertiary/aromatic N) is 1. The molecule has 1 aromatic rings. The molecule has 0 bridgehead atoms. The van der Waals surface area contributed by atoms with Gasteiger partial charge in [-0.25, -0.2) is 5.84 Å². The van der Waals surface area contributed by atoms with Gasteiger partial charge < -0.3 is 15.5 Å². The average Bonchev–Trinajstić information content (AvgIpc) is 2.47. The predicted molar refractivity (Wildman–Crippen MR) is 83.5 cm³/mol. The Bertz CT molecular complexity index is 593. The van der Waals surface area contributed by atoms with Crippen LogP contribution >= 0.6 is 0 Å². The van der Waals surface area contributed by atoms with E-state index in [0.717, 1.165) is 23.2 Å². The summed E-state index contributed by atoms with van der Waals surface area (Å²) >= 11 is 0. The number of rotatable bonds is 5. The highest BCUT2D eigenvalue weighted by atomic mass is 16.5. The molecule has 0 saturated heterocycles. The van der Waals surface area contributed by atoms with Crippen molar-refractivity contribution >= 4 is 17.7 Å². The van der Waals surface area contributed by atoms with Crippen molar-refractivity contribution in [3.63, 3.8) is 0 Å². The van der Waals surface area contributed by atoms with Gasteiger partial charge in [-0.15, -0.1) is 0 Å². The van der Waals surface area contributed by atoms with E-state index in [0.29, 0.717) is 18.7 Å². The van der Waals surface area contributed by atoms with Crippen LogP contribution in [-0.2, 0) is 16.0 Å². The van der Waals surface area contributed by atoms with Crippen LogP contribution in [0.3, 0.4) is 0 Å². The molecule has 0 amide bonds. The number of fused-ring (bicyclic) bond motifs is 1. The maximum absolute atomic E-state index is 11.5. The molecule has 1 aliphatic rings. The van der Waals surface area contributed by atoms with Gasteiger partial charge in [0.15, 0.2) is 0 Å². The quantitative estimate of drug-likeness (QED) is 0.489. The van der Waals surface area contributed by atoms with Crippen molar-refractivity contribution in [2.45, 2.75) is 19.8 Å². The summed E-state index contributed by atoms with van der Waals surface area (Å²) < 4.78 is 4.90. The molecule has 2 rings (SSSR count). The summed E-state index contributed by atoms with van der Waals surface area (Å²) in [6.07, 6.45) is 3.35. The fourth-order valence-corrected chi connectivity index (χ4v) is 2.49. The molecule has 0 spiro atoms. The maximum atomic E-state index is 11.5. The SMILES string of the molecule is C=Cc1ccc2c(c1)CCC(N(N)CC(=O)OCC)=C2N. The largest absolute Gasteiger partial charge is 0.465 e. The van der Waals surface area contributed by atoms with E-state index in [1.54, 1.807) is 6.92 Å². The third kappa shape index (κ3) is 3.25. The van der Waals surface area contributed by atoms with E-state index in [9.17, 15) is 4.79 Å². The van der Waals surface area contributed by atoms with Gasteiger partial charge in [0.2, 0.25) is 0 Å². The Labute approximate surface area is 124 Å². The van der Waals surface area contributed by atoms with Crippen LogP contribution in [0.2, 0.25) is 0 Å². The Morgan fingerprint density at radius 2 is 2.24 bits per heavy atom. The molecule has 0 aliphatic heterocycles.